The highest BCUT2D eigenvalue weighted by atomic mass is 16.5. The fraction of sp³-hybridized carbons (Fsp3) is 0.720. The summed E-state index contributed by atoms with van der Waals surface area (Å²) in [5.74, 6) is 1.84. The SMILES string of the molecule is CCCCNC(=O)[C@H](C)CCCCCCc1ccc(OCCN)c(OCCCOC)c1. The Hall–Kier alpha value is -1.79. The maximum Gasteiger partial charge on any atom is 0.222 e. The number of hydrogen-bond acceptors (Lipinski definition) is 5. The minimum Gasteiger partial charge on any atom is -0.490 e. The Bertz CT molecular complexity index is 595. The number of carbonyl (C=O) groups excluding carboxylic acids is 1. The van der Waals surface area contributed by atoms with E-state index in [2.05, 4.69) is 24.4 Å². The number of unbranched alkanes of at least 4 members (excludes halogenated alkanes) is 4. The summed E-state index contributed by atoms with van der Waals surface area (Å²) in [6.07, 6.45) is 9.53. The van der Waals surface area contributed by atoms with Gasteiger partial charge in [0.25, 0.3) is 0 Å². The van der Waals surface area contributed by atoms with Gasteiger partial charge < -0.3 is 25.3 Å². The number of nitrogens with one attached hydrogen (secondary N) is 1. The maximum absolute atomic E-state index is 12.0. The van der Waals surface area contributed by atoms with Crippen LogP contribution >= 0.6 is 0 Å². The predicted molar refractivity (Wildman–Crippen MR) is 127 cm³/mol. The van der Waals surface area contributed by atoms with Gasteiger partial charge in [-0.1, -0.05) is 45.6 Å². The second-order valence-electron chi connectivity index (χ2n) is 8.11. The van der Waals surface area contributed by atoms with Gasteiger partial charge in [-0.05, 0) is 43.4 Å². The molecule has 178 valence electrons. The number of methoxy groups -OCH3 is 1. The Morgan fingerprint density at radius 3 is 2.52 bits per heavy atom. The second kappa shape index (κ2) is 17.8. The first kappa shape index (κ1) is 27.2. The zero-order valence-corrected chi connectivity index (χ0v) is 19.9. The second-order valence-corrected chi connectivity index (χ2v) is 8.11. The highest BCUT2D eigenvalue weighted by Gasteiger charge is 2.11. The molecule has 0 spiro atoms. The summed E-state index contributed by atoms with van der Waals surface area (Å²) in [5, 5.41) is 3.03. The van der Waals surface area contributed by atoms with Crippen LogP contribution in [0.3, 0.4) is 0 Å². The molecule has 0 aliphatic heterocycles. The molecule has 1 rings (SSSR count). The molecule has 1 aromatic rings. The molecule has 1 amide bonds. The summed E-state index contributed by atoms with van der Waals surface area (Å²) in [6, 6.07) is 6.17. The van der Waals surface area contributed by atoms with Gasteiger partial charge in [0.1, 0.15) is 6.61 Å². The quantitative estimate of drug-likeness (QED) is 0.312. The maximum atomic E-state index is 12.0. The van der Waals surface area contributed by atoms with Crippen LogP contribution < -0.4 is 20.5 Å². The van der Waals surface area contributed by atoms with E-state index in [0.29, 0.717) is 26.4 Å². The monoisotopic (exact) mass is 436 g/mol. The molecular formula is C25H44N2O4. The van der Waals surface area contributed by atoms with Crippen molar-refractivity contribution in [3.05, 3.63) is 23.8 Å². The van der Waals surface area contributed by atoms with Gasteiger partial charge in [0.15, 0.2) is 11.5 Å². The molecule has 0 heterocycles. The van der Waals surface area contributed by atoms with Crippen molar-refractivity contribution < 1.29 is 19.0 Å². The number of hydrogen-bond donors (Lipinski definition) is 2. The summed E-state index contributed by atoms with van der Waals surface area (Å²) in [7, 11) is 1.69. The van der Waals surface area contributed by atoms with Gasteiger partial charge in [-0.25, -0.2) is 0 Å². The first-order valence-electron chi connectivity index (χ1n) is 12.0. The van der Waals surface area contributed by atoms with Gasteiger partial charge in [0.05, 0.1) is 6.61 Å². The van der Waals surface area contributed by atoms with Crippen molar-refractivity contribution in [1.29, 1.82) is 0 Å². The Labute approximate surface area is 189 Å². The molecule has 0 aliphatic carbocycles. The molecule has 1 aromatic carbocycles. The third-order valence-electron chi connectivity index (χ3n) is 5.26. The van der Waals surface area contributed by atoms with Crippen LogP contribution in [0, 0.1) is 5.92 Å². The fourth-order valence-electron chi connectivity index (χ4n) is 3.32. The van der Waals surface area contributed by atoms with Crippen molar-refractivity contribution in [2.45, 2.75) is 71.6 Å². The Kier molecular flexibility index (Phi) is 15.7. The molecule has 0 aromatic heterocycles. The van der Waals surface area contributed by atoms with Crippen LogP contribution in [0.4, 0.5) is 0 Å². The molecule has 3 N–H and O–H groups in total. The number of benzene rings is 1. The average Bonchev–Trinajstić information content (AvgIpc) is 2.78. The van der Waals surface area contributed by atoms with Gasteiger partial charge in [-0.15, -0.1) is 0 Å². The van der Waals surface area contributed by atoms with Crippen molar-refractivity contribution in [2.24, 2.45) is 11.7 Å². The number of ether oxygens (including phenoxy) is 3. The number of amides is 1. The van der Waals surface area contributed by atoms with Crippen molar-refractivity contribution in [3.63, 3.8) is 0 Å². The van der Waals surface area contributed by atoms with Crippen molar-refractivity contribution >= 4 is 5.91 Å². The minimum atomic E-state index is 0.107. The molecule has 0 bridgehead atoms. The lowest BCUT2D eigenvalue weighted by Gasteiger charge is -2.14. The van der Waals surface area contributed by atoms with E-state index in [0.717, 1.165) is 69.4 Å². The van der Waals surface area contributed by atoms with Crippen LogP contribution in [0.5, 0.6) is 11.5 Å². The third kappa shape index (κ3) is 12.6. The van der Waals surface area contributed by atoms with Gasteiger partial charge in [0.2, 0.25) is 5.91 Å². The highest BCUT2D eigenvalue weighted by molar-refractivity contribution is 5.78. The molecule has 1 atom stereocenters. The van der Waals surface area contributed by atoms with E-state index in [1.807, 2.05) is 13.0 Å². The number of rotatable bonds is 19. The molecule has 0 saturated carbocycles. The van der Waals surface area contributed by atoms with Crippen LogP contribution in [0.15, 0.2) is 18.2 Å². The summed E-state index contributed by atoms with van der Waals surface area (Å²) in [4.78, 5) is 12.0. The van der Waals surface area contributed by atoms with E-state index in [1.165, 1.54) is 12.0 Å². The van der Waals surface area contributed by atoms with Gasteiger partial charge in [-0.2, -0.15) is 0 Å². The van der Waals surface area contributed by atoms with Gasteiger partial charge in [-0.3, -0.25) is 4.79 Å². The van der Waals surface area contributed by atoms with Gasteiger partial charge >= 0.3 is 0 Å². The fourth-order valence-corrected chi connectivity index (χ4v) is 3.32. The lowest BCUT2D eigenvalue weighted by atomic mass is 10.00. The topological polar surface area (TPSA) is 82.8 Å². The molecule has 6 nitrogen and oxygen atoms in total. The van der Waals surface area contributed by atoms with E-state index < -0.39 is 0 Å². The Balaban J connectivity index is 2.34. The summed E-state index contributed by atoms with van der Waals surface area (Å²) in [6.45, 7) is 7.19. The Morgan fingerprint density at radius 1 is 1.00 bits per heavy atom. The van der Waals surface area contributed by atoms with Crippen LogP contribution in [0.25, 0.3) is 0 Å². The number of nitrogens with two attached hydrogens (primary N) is 1. The van der Waals surface area contributed by atoms with Crippen molar-refractivity contribution in [2.75, 3.05) is 40.0 Å². The summed E-state index contributed by atoms with van der Waals surface area (Å²) in [5.41, 5.74) is 6.81. The molecule has 0 aliphatic rings. The third-order valence-corrected chi connectivity index (χ3v) is 5.26. The average molecular weight is 437 g/mol. The first-order chi connectivity index (χ1) is 15.1. The number of carbonyl (C=O) groups is 1. The smallest absolute Gasteiger partial charge is 0.222 e. The molecule has 0 fully saturated rings. The normalized spacial score (nSPS) is 11.9. The van der Waals surface area contributed by atoms with Crippen LogP contribution in [0.2, 0.25) is 0 Å². The molecule has 0 radical (unpaired) electrons. The molecule has 0 unspecified atom stereocenters. The minimum absolute atomic E-state index is 0.107. The lowest BCUT2D eigenvalue weighted by Crippen LogP contribution is -2.29. The highest BCUT2D eigenvalue weighted by Crippen LogP contribution is 2.29. The van der Waals surface area contributed by atoms with E-state index >= 15 is 0 Å². The number of aryl methyl sites for hydroxylation is 1. The molecular weight excluding hydrogens is 392 g/mol. The van der Waals surface area contributed by atoms with E-state index in [1.54, 1.807) is 7.11 Å². The van der Waals surface area contributed by atoms with Gasteiger partial charge in [0, 0.05) is 39.1 Å². The molecule has 0 saturated heterocycles. The first-order valence-corrected chi connectivity index (χ1v) is 12.0. The Morgan fingerprint density at radius 2 is 1.77 bits per heavy atom. The zero-order valence-electron chi connectivity index (χ0n) is 19.9. The molecule has 31 heavy (non-hydrogen) atoms. The summed E-state index contributed by atoms with van der Waals surface area (Å²) >= 11 is 0. The standard InChI is InChI=1S/C25H44N2O4/c1-4-5-16-27-25(28)21(2)11-8-6-7-9-12-22-13-14-23(31-19-15-26)24(20-22)30-18-10-17-29-3/h13-14,20-21H,4-12,15-19,26H2,1-3H3,(H,27,28)/t21-/m1/s1. The van der Waals surface area contributed by atoms with Crippen molar-refractivity contribution in [1.82, 2.24) is 5.32 Å². The van der Waals surface area contributed by atoms with Crippen molar-refractivity contribution in [3.8, 4) is 11.5 Å². The zero-order chi connectivity index (χ0) is 22.7. The summed E-state index contributed by atoms with van der Waals surface area (Å²) < 4.78 is 16.7. The lowest BCUT2D eigenvalue weighted by molar-refractivity contribution is -0.124. The van der Waals surface area contributed by atoms with E-state index in [4.69, 9.17) is 19.9 Å². The largest absolute Gasteiger partial charge is 0.490 e. The van der Waals surface area contributed by atoms with Crippen LogP contribution in [-0.4, -0.2) is 45.9 Å². The van der Waals surface area contributed by atoms with E-state index in [9.17, 15) is 4.79 Å². The van der Waals surface area contributed by atoms with E-state index in [-0.39, 0.29) is 11.8 Å². The van der Waals surface area contributed by atoms with Crippen LogP contribution in [0.1, 0.15) is 70.8 Å². The van der Waals surface area contributed by atoms with Crippen LogP contribution in [-0.2, 0) is 16.0 Å². The molecule has 6 heteroatoms. The predicted octanol–water partition coefficient (Wildman–Crippen LogP) is 4.48.